The van der Waals surface area contributed by atoms with E-state index < -0.39 is 5.60 Å². The number of nitrogens with one attached hydrogen (secondary N) is 1. The summed E-state index contributed by atoms with van der Waals surface area (Å²) in [6.45, 7) is 6.33. The Morgan fingerprint density at radius 3 is 2.83 bits per heavy atom. The Morgan fingerprint density at radius 2 is 2.17 bits per heavy atom. The maximum atomic E-state index is 12.4. The number of carbonyl (C=O) groups excluding carboxylic acids is 2. The minimum absolute atomic E-state index is 0.193. The number of ether oxygens (including phenoxy) is 1. The molecule has 0 bridgehead atoms. The van der Waals surface area contributed by atoms with Crippen molar-refractivity contribution in [2.24, 2.45) is 0 Å². The number of fused-ring (bicyclic) bond motifs is 1. The minimum Gasteiger partial charge on any atom is -0.444 e. The van der Waals surface area contributed by atoms with Crippen LogP contribution in [0.5, 0.6) is 0 Å². The lowest BCUT2D eigenvalue weighted by atomic mass is 10.0. The zero-order valence-corrected chi connectivity index (χ0v) is 18.8. The molecule has 0 aliphatic carbocycles. The van der Waals surface area contributed by atoms with Gasteiger partial charge in [-0.3, -0.25) is 4.79 Å². The van der Waals surface area contributed by atoms with Crippen molar-refractivity contribution in [3.8, 4) is 6.07 Å². The lowest BCUT2D eigenvalue weighted by Gasteiger charge is -2.29. The van der Waals surface area contributed by atoms with E-state index in [4.69, 9.17) is 10.5 Å². The summed E-state index contributed by atoms with van der Waals surface area (Å²) in [5.74, 6) is 0.0162. The molecule has 9 heteroatoms. The van der Waals surface area contributed by atoms with Crippen LogP contribution in [0.4, 0.5) is 15.5 Å². The Kier molecular flexibility index (Phi) is 6.58. The molecule has 0 atom stereocenters. The topological polar surface area (TPSA) is 108 Å². The van der Waals surface area contributed by atoms with Crippen molar-refractivity contribution in [2.75, 3.05) is 23.3 Å². The number of anilines is 2. The fourth-order valence-corrected chi connectivity index (χ4v) is 5.00. The number of hydrogen-bond acceptors (Lipinski definition) is 7. The SMILES string of the molecule is CC(C)(C)OC(=O)N1CCc2c(sc(NC(=O)CSc3cccc(N)c3)c2C#N)C1. The summed E-state index contributed by atoms with van der Waals surface area (Å²) in [6, 6.07) is 9.55. The highest BCUT2D eigenvalue weighted by Gasteiger charge is 2.30. The molecular formula is C21H24N4O3S2. The number of nitrogens with zero attached hydrogens (tertiary/aromatic N) is 2. The van der Waals surface area contributed by atoms with E-state index in [0.29, 0.717) is 35.8 Å². The van der Waals surface area contributed by atoms with E-state index in [9.17, 15) is 14.9 Å². The van der Waals surface area contributed by atoms with Crippen LogP contribution in [-0.4, -0.2) is 34.8 Å². The Bertz CT molecular complexity index is 1000. The molecule has 0 saturated carbocycles. The average molecular weight is 445 g/mol. The number of thiophene rings is 1. The third kappa shape index (κ3) is 5.46. The van der Waals surface area contributed by atoms with Crippen LogP contribution >= 0.6 is 23.1 Å². The van der Waals surface area contributed by atoms with E-state index in [-0.39, 0.29) is 17.8 Å². The molecule has 2 amide bonds. The van der Waals surface area contributed by atoms with Crippen LogP contribution < -0.4 is 11.1 Å². The highest BCUT2D eigenvalue weighted by atomic mass is 32.2. The van der Waals surface area contributed by atoms with E-state index in [0.717, 1.165) is 15.3 Å². The Hall–Kier alpha value is -2.70. The summed E-state index contributed by atoms with van der Waals surface area (Å²) in [5, 5.41) is 13.0. The van der Waals surface area contributed by atoms with Gasteiger partial charge in [-0.2, -0.15) is 5.26 Å². The monoisotopic (exact) mass is 444 g/mol. The number of thioether (sulfide) groups is 1. The van der Waals surface area contributed by atoms with E-state index in [2.05, 4.69) is 11.4 Å². The van der Waals surface area contributed by atoms with Gasteiger partial charge in [-0.05, 0) is 51.0 Å². The first-order valence-corrected chi connectivity index (χ1v) is 11.3. The van der Waals surface area contributed by atoms with Crippen molar-refractivity contribution in [1.29, 1.82) is 5.26 Å². The standard InChI is InChI=1S/C21H24N4O3S2/c1-21(2,3)28-20(27)25-8-7-15-16(10-22)19(30-17(15)11-25)24-18(26)12-29-14-6-4-5-13(23)9-14/h4-6,9H,7-8,11-12,23H2,1-3H3,(H,24,26). The third-order valence-electron chi connectivity index (χ3n) is 4.30. The van der Waals surface area contributed by atoms with Crippen LogP contribution in [0.2, 0.25) is 0 Å². The van der Waals surface area contributed by atoms with Gasteiger partial charge in [-0.1, -0.05) is 6.07 Å². The second kappa shape index (κ2) is 8.98. The van der Waals surface area contributed by atoms with Crippen LogP contribution in [-0.2, 0) is 22.5 Å². The van der Waals surface area contributed by atoms with Crippen LogP contribution in [0, 0.1) is 11.3 Å². The van der Waals surface area contributed by atoms with E-state index >= 15 is 0 Å². The molecule has 3 rings (SSSR count). The molecule has 2 heterocycles. The molecule has 1 aromatic carbocycles. The Labute approximate surface area is 184 Å². The fourth-order valence-electron chi connectivity index (χ4n) is 3.01. The summed E-state index contributed by atoms with van der Waals surface area (Å²) in [7, 11) is 0. The molecule has 7 nitrogen and oxygen atoms in total. The van der Waals surface area contributed by atoms with Gasteiger partial charge in [0.25, 0.3) is 0 Å². The van der Waals surface area contributed by atoms with Crippen molar-refractivity contribution in [2.45, 2.75) is 44.2 Å². The predicted molar refractivity (Wildman–Crippen MR) is 120 cm³/mol. The van der Waals surface area contributed by atoms with Gasteiger partial charge in [0, 0.05) is 22.0 Å². The molecule has 0 unspecified atom stereocenters. The molecule has 0 saturated heterocycles. The van der Waals surface area contributed by atoms with Crippen LogP contribution in [0.15, 0.2) is 29.2 Å². The van der Waals surface area contributed by atoms with Crippen molar-refractivity contribution in [1.82, 2.24) is 4.90 Å². The Morgan fingerprint density at radius 1 is 1.40 bits per heavy atom. The number of nitrogens with two attached hydrogens (primary N) is 1. The lowest BCUT2D eigenvalue weighted by molar-refractivity contribution is -0.113. The molecule has 158 valence electrons. The summed E-state index contributed by atoms with van der Waals surface area (Å²) in [5.41, 5.74) is 7.24. The maximum Gasteiger partial charge on any atom is 0.410 e. The third-order valence-corrected chi connectivity index (χ3v) is 6.43. The summed E-state index contributed by atoms with van der Waals surface area (Å²) in [4.78, 5) is 28.2. The maximum absolute atomic E-state index is 12.4. The number of nitrogen functional groups attached to an aromatic ring is 1. The molecule has 0 radical (unpaired) electrons. The molecule has 2 aromatic rings. The van der Waals surface area contributed by atoms with Crippen molar-refractivity contribution in [3.63, 3.8) is 0 Å². The second-order valence-electron chi connectivity index (χ2n) is 7.88. The molecular weight excluding hydrogens is 420 g/mol. The van der Waals surface area contributed by atoms with Crippen LogP contribution in [0.3, 0.4) is 0 Å². The molecule has 0 spiro atoms. The first-order chi connectivity index (χ1) is 14.2. The highest BCUT2D eigenvalue weighted by Crippen LogP contribution is 2.37. The zero-order valence-electron chi connectivity index (χ0n) is 17.2. The van der Waals surface area contributed by atoms with Crippen LogP contribution in [0.25, 0.3) is 0 Å². The first-order valence-electron chi connectivity index (χ1n) is 9.47. The fraction of sp³-hybridized carbons (Fsp3) is 0.381. The number of hydrogen-bond donors (Lipinski definition) is 2. The van der Waals surface area contributed by atoms with Crippen molar-refractivity contribution < 1.29 is 14.3 Å². The molecule has 30 heavy (non-hydrogen) atoms. The highest BCUT2D eigenvalue weighted by molar-refractivity contribution is 8.00. The molecule has 3 N–H and O–H groups in total. The number of carbonyl (C=O) groups is 2. The van der Waals surface area contributed by atoms with E-state index in [1.54, 1.807) is 11.0 Å². The van der Waals surface area contributed by atoms with Gasteiger partial charge in [0.05, 0.1) is 17.9 Å². The Balaban J connectivity index is 1.67. The predicted octanol–water partition coefficient (Wildman–Crippen LogP) is 4.23. The van der Waals surface area contributed by atoms with Crippen LogP contribution in [0.1, 0.15) is 36.8 Å². The van der Waals surface area contributed by atoms with Gasteiger partial charge in [0.15, 0.2) is 0 Å². The first kappa shape index (κ1) is 22.0. The molecule has 1 aromatic heterocycles. The quantitative estimate of drug-likeness (QED) is 0.540. The number of amides is 2. The molecule has 0 fully saturated rings. The normalized spacial score (nSPS) is 13.3. The second-order valence-corrected chi connectivity index (χ2v) is 10.0. The minimum atomic E-state index is -0.565. The van der Waals surface area contributed by atoms with Gasteiger partial charge in [-0.15, -0.1) is 23.1 Å². The summed E-state index contributed by atoms with van der Waals surface area (Å²) < 4.78 is 5.45. The average Bonchev–Trinajstić information content (AvgIpc) is 3.01. The van der Waals surface area contributed by atoms with Gasteiger partial charge in [0.2, 0.25) is 5.91 Å². The van der Waals surface area contributed by atoms with Crippen molar-refractivity contribution in [3.05, 3.63) is 40.3 Å². The van der Waals surface area contributed by atoms with Gasteiger partial charge in [-0.25, -0.2) is 4.79 Å². The van der Waals surface area contributed by atoms with Gasteiger partial charge < -0.3 is 20.7 Å². The molecule has 1 aliphatic heterocycles. The zero-order chi connectivity index (χ0) is 21.9. The number of nitriles is 1. The molecule has 1 aliphatic rings. The number of rotatable bonds is 4. The van der Waals surface area contributed by atoms with Gasteiger partial charge in [0.1, 0.15) is 16.7 Å². The summed E-state index contributed by atoms with van der Waals surface area (Å²) >= 11 is 2.73. The van der Waals surface area contributed by atoms with Crippen molar-refractivity contribution >= 4 is 45.8 Å². The summed E-state index contributed by atoms with van der Waals surface area (Å²) in [6.07, 6.45) is 0.186. The largest absolute Gasteiger partial charge is 0.444 e. The van der Waals surface area contributed by atoms with E-state index in [1.165, 1.54) is 23.1 Å². The van der Waals surface area contributed by atoms with Gasteiger partial charge >= 0.3 is 6.09 Å². The smallest absolute Gasteiger partial charge is 0.410 e. The number of benzene rings is 1. The van der Waals surface area contributed by atoms with E-state index in [1.807, 2.05) is 39.0 Å². The lowest BCUT2D eigenvalue weighted by Crippen LogP contribution is -2.39.